The number of carbonyl (C=O) groups is 1. The van der Waals surface area contributed by atoms with E-state index in [0.717, 1.165) is 5.56 Å². The maximum Gasteiger partial charge on any atom is 0.263 e. The van der Waals surface area contributed by atoms with Gasteiger partial charge in [-0.25, -0.2) is 4.98 Å². The number of anilines is 1. The fourth-order valence-electron chi connectivity index (χ4n) is 1.41. The van der Waals surface area contributed by atoms with Crippen LogP contribution >= 0.6 is 11.3 Å². The molecule has 0 aromatic carbocycles. The van der Waals surface area contributed by atoms with Crippen LogP contribution in [0.25, 0.3) is 0 Å². The summed E-state index contributed by atoms with van der Waals surface area (Å²) in [4.78, 5) is 16.2. The largest absolute Gasteiger partial charge is 0.375 e. The highest BCUT2D eigenvalue weighted by Gasteiger charge is 2.14. The lowest BCUT2D eigenvalue weighted by molar-refractivity contribution is 0.0944. The summed E-state index contributed by atoms with van der Waals surface area (Å²) < 4.78 is 1.70. The number of carbonyl (C=O) groups excluding carboxylic acids is 1. The zero-order valence-electron chi connectivity index (χ0n) is 9.54. The first-order valence-corrected chi connectivity index (χ1v) is 5.88. The maximum atomic E-state index is 11.8. The van der Waals surface area contributed by atoms with Crippen molar-refractivity contribution in [2.75, 3.05) is 5.73 Å². The number of thiazole rings is 1. The molecule has 0 aliphatic heterocycles. The van der Waals surface area contributed by atoms with E-state index in [4.69, 9.17) is 5.73 Å². The molecule has 0 saturated carbocycles. The molecule has 0 aliphatic carbocycles. The van der Waals surface area contributed by atoms with Crippen molar-refractivity contribution >= 4 is 22.4 Å². The summed E-state index contributed by atoms with van der Waals surface area (Å²) in [5.74, 6) is -0.171. The fraction of sp³-hybridized carbons (Fsp3) is 0.300. The van der Waals surface area contributed by atoms with Gasteiger partial charge < -0.3 is 11.1 Å². The highest BCUT2D eigenvalue weighted by molar-refractivity contribution is 7.17. The fourth-order valence-corrected chi connectivity index (χ4v) is 2.00. The normalized spacial score (nSPS) is 12.4. The minimum Gasteiger partial charge on any atom is -0.375 e. The van der Waals surface area contributed by atoms with Crippen molar-refractivity contribution in [3.05, 3.63) is 29.0 Å². The lowest BCUT2D eigenvalue weighted by atomic mass is 10.2. The molecular weight excluding hydrogens is 238 g/mol. The van der Waals surface area contributed by atoms with E-state index in [2.05, 4.69) is 15.4 Å². The number of hydrogen-bond acceptors (Lipinski definition) is 5. The van der Waals surface area contributed by atoms with Crippen LogP contribution in [0.5, 0.6) is 0 Å². The molecule has 2 heterocycles. The zero-order chi connectivity index (χ0) is 12.4. The van der Waals surface area contributed by atoms with Crippen molar-refractivity contribution in [1.29, 1.82) is 0 Å². The highest BCUT2D eigenvalue weighted by atomic mass is 32.1. The van der Waals surface area contributed by atoms with Crippen LogP contribution in [-0.4, -0.2) is 20.7 Å². The Labute approximate surface area is 102 Å². The third kappa shape index (κ3) is 2.62. The van der Waals surface area contributed by atoms with Crippen LogP contribution in [0.1, 0.15) is 28.2 Å². The minimum atomic E-state index is -0.171. The van der Waals surface area contributed by atoms with E-state index < -0.39 is 0 Å². The predicted molar refractivity (Wildman–Crippen MR) is 65.6 cm³/mol. The molecule has 0 aliphatic rings. The molecule has 3 N–H and O–H groups in total. The second-order valence-corrected chi connectivity index (χ2v) is 4.77. The second kappa shape index (κ2) is 4.54. The summed E-state index contributed by atoms with van der Waals surface area (Å²) in [5.41, 5.74) is 6.43. The van der Waals surface area contributed by atoms with E-state index in [1.54, 1.807) is 10.9 Å². The van der Waals surface area contributed by atoms with Gasteiger partial charge in [0.25, 0.3) is 5.91 Å². The maximum absolute atomic E-state index is 11.8. The second-order valence-electron chi connectivity index (χ2n) is 3.71. The summed E-state index contributed by atoms with van der Waals surface area (Å²) >= 11 is 1.17. The van der Waals surface area contributed by atoms with Crippen LogP contribution < -0.4 is 11.1 Å². The van der Waals surface area contributed by atoms with Gasteiger partial charge in [0, 0.05) is 18.8 Å². The Morgan fingerprint density at radius 2 is 2.35 bits per heavy atom. The summed E-state index contributed by atoms with van der Waals surface area (Å²) in [6, 6.07) is -0.0977. The van der Waals surface area contributed by atoms with Gasteiger partial charge >= 0.3 is 0 Å². The zero-order valence-corrected chi connectivity index (χ0v) is 10.4. The molecule has 2 rings (SSSR count). The molecule has 0 bridgehead atoms. The monoisotopic (exact) mass is 251 g/mol. The van der Waals surface area contributed by atoms with E-state index in [1.165, 1.54) is 17.5 Å². The predicted octanol–water partition coefficient (Wildman–Crippen LogP) is 0.950. The smallest absolute Gasteiger partial charge is 0.263 e. The van der Waals surface area contributed by atoms with E-state index in [1.807, 2.05) is 20.2 Å². The Morgan fingerprint density at radius 1 is 1.59 bits per heavy atom. The molecule has 7 heteroatoms. The van der Waals surface area contributed by atoms with Crippen molar-refractivity contribution < 1.29 is 4.79 Å². The highest BCUT2D eigenvalue weighted by Crippen LogP contribution is 2.16. The molecule has 1 amide bonds. The lowest BCUT2D eigenvalue weighted by Gasteiger charge is -2.10. The number of aryl methyl sites for hydroxylation is 1. The molecule has 0 saturated heterocycles. The van der Waals surface area contributed by atoms with Crippen molar-refractivity contribution in [1.82, 2.24) is 20.1 Å². The van der Waals surface area contributed by atoms with Gasteiger partial charge in [-0.05, 0) is 6.92 Å². The standard InChI is InChI=1S/C10H13N5OS/c1-6(7-3-13-15(2)5-7)14-9(16)8-4-12-10(11)17-8/h3-6H,1-2H3,(H2,11,12)(H,14,16)/t6-/m0/s1. The van der Waals surface area contributed by atoms with Crippen LogP contribution in [0.4, 0.5) is 5.13 Å². The number of hydrogen-bond donors (Lipinski definition) is 2. The van der Waals surface area contributed by atoms with Gasteiger partial charge in [0.15, 0.2) is 5.13 Å². The van der Waals surface area contributed by atoms with E-state index in [-0.39, 0.29) is 11.9 Å². The molecule has 90 valence electrons. The Morgan fingerprint density at radius 3 is 2.88 bits per heavy atom. The number of amides is 1. The van der Waals surface area contributed by atoms with Gasteiger partial charge in [-0.3, -0.25) is 9.48 Å². The van der Waals surface area contributed by atoms with Gasteiger partial charge in [-0.15, -0.1) is 0 Å². The third-order valence-electron chi connectivity index (χ3n) is 2.32. The van der Waals surface area contributed by atoms with Gasteiger partial charge in [-0.1, -0.05) is 11.3 Å². The van der Waals surface area contributed by atoms with Crippen LogP contribution in [0.15, 0.2) is 18.6 Å². The summed E-state index contributed by atoms with van der Waals surface area (Å²) in [5, 5.41) is 7.31. The van der Waals surface area contributed by atoms with Crippen LogP contribution in [0.3, 0.4) is 0 Å². The first-order chi connectivity index (χ1) is 8.06. The third-order valence-corrected chi connectivity index (χ3v) is 3.15. The quantitative estimate of drug-likeness (QED) is 0.850. The molecule has 0 fully saturated rings. The summed E-state index contributed by atoms with van der Waals surface area (Å²) in [6.07, 6.45) is 5.07. The molecule has 0 spiro atoms. The number of nitrogen functional groups attached to an aromatic ring is 1. The van der Waals surface area contributed by atoms with Crippen LogP contribution in [-0.2, 0) is 7.05 Å². The van der Waals surface area contributed by atoms with Gasteiger partial charge in [0.1, 0.15) is 4.88 Å². The number of aromatic nitrogens is 3. The number of nitrogens with one attached hydrogen (secondary N) is 1. The molecular formula is C10H13N5OS. The van der Waals surface area contributed by atoms with Gasteiger partial charge in [-0.2, -0.15) is 5.10 Å². The van der Waals surface area contributed by atoms with Gasteiger partial charge in [0.2, 0.25) is 0 Å². The SMILES string of the molecule is C[C@H](NC(=O)c1cnc(N)s1)c1cnn(C)c1. The van der Waals surface area contributed by atoms with E-state index in [9.17, 15) is 4.79 Å². The Balaban J connectivity index is 2.04. The van der Waals surface area contributed by atoms with Gasteiger partial charge in [0.05, 0.1) is 18.4 Å². The molecule has 6 nitrogen and oxygen atoms in total. The Hall–Kier alpha value is -1.89. The molecule has 2 aromatic rings. The number of rotatable bonds is 3. The first-order valence-electron chi connectivity index (χ1n) is 5.07. The molecule has 2 aromatic heterocycles. The molecule has 17 heavy (non-hydrogen) atoms. The lowest BCUT2D eigenvalue weighted by Crippen LogP contribution is -2.25. The average molecular weight is 251 g/mol. The molecule has 0 radical (unpaired) electrons. The van der Waals surface area contributed by atoms with E-state index in [0.29, 0.717) is 10.0 Å². The van der Waals surface area contributed by atoms with Crippen molar-refractivity contribution in [2.45, 2.75) is 13.0 Å². The summed E-state index contributed by atoms with van der Waals surface area (Å²) in [7, 11) is 1.84. The summed E-state index contributed by atoms with van der Waals surface area (Å²) in [6.45, 7) is 1.90. The Bertz CT molecular complexity index is 532. The molecule has 0 unspecified atom stereocenters. The molecule has 1 atom stereocenters. The van der Waals surface area contributed by atoms with Crippen LogP contribution in [0.2, 0.25) is 0 Å². The number of nitrogens with two attached hydrogens (primary N) is 1. The van der Waals surface area contributed by atoms with Crippen molar-refractivity contribution in [3.63, 3.8) is 0 Å². The average Bonchev–Trinajstić information content (AvgIpc) is 2.87. The van der Waals surface area contributed by atoms with Crippen molar-refractivity contribution in [2.24, 2.45) is 7.05 Å². The van der Waals surface area contributed by atoms with Crippen LogP contribution in [0, 0.1) is 0 Å². The van der Waals surface area contributed by atoms with Crippen molar-refractivity contribution in [3.8, 4) is 0 Å². The minimum absolute atomic E-state index is 0.0977. The first kappa shape index (κ1) is 11.6. The van der Waals surface area contributed by atoms with E-state index >= 15 is 0 Å². The topological polar surface area (TPSA) is 85.8 Å². The Kier molecular flexibility index (Phi) is 3.10. The number of nitrogens with zero attached hydrogens (tertiary/aromatic N) is 3.